The number of benzene rings is 2. The van der Waals surface area contributed by atoms with Crippen LogP contribution in [0.15, 0.2) is 53.1 Å². The van der Waals surface area contributed by atoms with E-state index >= 15 is 0 Å². The van der Waals surface area contributed by atoms with Gasteiger partial charge in [-0.3, -0.25) is 4.79 Å². The van der Waals surface area contributed by atoms with Crippen LogP contribution in [0.4, 0.5) is 0 Å². The Bertz CT molecular complexity index is 923. The lowest BCUT2D eigenvalue weighted by Crippen LogP contribution is -2.33. The van der Waals surface area contributed by atoms with Crippen LogP contribution in [-0.2, 0) is 6.42 Å². The Morgan fingerprint density at radius 3 is 2.70 bits per heavy atom. The van der Waals surface area contributed by atoms with Gasteiger partial charge in [-0.15, -0.1) is 0 Å². The summed E-state index contributed by atoms with van der Waals surface area (Å²) < 4.78 is 5.37. The van der Waals surface area contributed by atoms with E-state index in [9.17, 15) is 4.79 Å². The fraction of sp³-hybridized carbons (Fsp3) is 0.286. The van der Waals surface area contributed by atoms with Crippen molar-refractivity contribution in [2.45, 2.75) is 26.7 Å². The topological polar surface area (TPSA) is 59.2 Å². The molecule has 0 radical (unpaired) electrons. The van der Waals surface area contributed by atoms with Gasteiger partial charge in [-0.2, -0.15) is 4.98 Å². The van der Waals surface area contributed by atoms with Gasteiger partial charge in [-0.1, -0.05) is 59.6 Å². The number of hydrogen-bond donors (Lipinski definition) is 0. The lowest BCUT2D eigenvalue weighted by molar-refractivity contribution is 0.0754. The van der Waals surface area contributed by atoms with Gasteiger partial charge < -0.3 is 9.42 Å². The second kappa shape index (κ2) is 8.82. The molecule has 0 fully saturated rings. The third kappa shape index (κ3) is 4.74. The van der Waals surface area contributed by atoms with Gasteiger partial charge >= 0.3 is 0 Å². The quantitative estimate of drug-likeness (QED) is 0.588. The van der Waals surface area contributed by atoms with Gasteiger partial charge in [-0.05, 0) is 31.5 Å². The number of carbonyl (C=O) groups excluding carboxylic acids is 1. The van der Waals surface area contributed by atoms with Crippen molar-refractivity contribution in [2.24, 2.45) is 0 Å². The molecule has 140 valence electrons. The molecule has 0 aliphatic heterocycles. The third-order valence-electron chi connectivity index (χ3n) is 4.22. The molecule has 6 heteroatoms. The molecule has 0 N–H and O–H groups in total. The molecule has 0 bridgehead atoms. The maximum Gasteiger partial charge on any atom is 0.255 e. The number of rotatable bonds is 7. The van der Waals surface area contributed by atoms with Crippen LogP contribution >= 0.6 is 11.6 Å². The van der Waals surface area contributed by atoms with Crippen LogP contribution in [0.3, 0.4) is 0 Å². The summed E-state index contributed by atoms with van der Waals surface area (Å²) in [7, 11) is 0. The van der Waals surface area contributed by atoms with Crippen molar-refractivity contribution >= 4 is 17.5 Å². The molecule has 0 aliphatic rings. The second-order valence-corrected chi connectivity index (χ2v) is 6.81. The van der Waals surface area contributed by atoms with Gasteiger partial charge in [0.1, 0.15) is 0 Å². The summed E-state index contributed by atoms with van der Waals surface area (Å²) in [6, 6.07) is 15.1. The van der Waals surface area contributed by atoms with E-state index in [2.05, 4.69) is 10.1 Å². The summed E-state index contributed by atoms with van der Waals surface area (Å²) in [4.78, 5) is 19.1. The molecule has 3 rings (SSSR count). The van der Waals surface area contributed by atoms with E-state index < -0.39 is 0 Å². The molecule has 3 aromatic rings. The zero-order valence-corrected chi connectivity index (χ0v) is 16.2. The van der Waals surface area contributed by atoms with E-state index in [1.807, 2.05) is 50.2 Å². The van der Waals surface area contributed by atoms with Gasteiger partial charge in [-0.25, -0.2) is 0 Å². The van der Waals surface area contributed by atoms with Crippen molar-refractivity contribution in [3.63, 3.8) is 0 Å². The highest BCUT2D eigenvalue weighted by Crippen LogP contribution is 2.19. The predicted molar refractivity (Wildman–Crippen MR) is 106 cm³/mol. The smallest absolute Gasteiger partial charge is 0.255 e. The SMILES string of the molecule is CCCN(CCc1nc(-c2cccc(C)c2)no1)C(=O)c1ccccc1Cl. The van der Waals surface area contributed by atoms with Gasteiger partial charge in [0.2, 0.25) is 11.7 Å². The second-order valence-electron chi connectivity index (χ2n) is 6.40. The number of aromatic nitrogens is 2. The predicted octanol–water partition coefficient (Wildman–Crippen LogP) is 4.79. The normalized spacial score (nSPS) is 10.8. The van der Waals surface area contributed by atoms with E-state index in [0.29, 0.717) is 41.8 Å². The minimum atomic E-state index is -0.0825. The van der Waals surface area contributed by atoms with Gasteiger partial charge in [0, 0.05) is 25.1 Å². The first-order valence-corrected chi connectivity index (χ1v) is 9.39. The summed E-state index contributed by atoms with van der Waals surface area (Å²) in [5.41, 5.74) is 2.57. The minimum Gasteiger partial charge on any atom is -0.339 e. The van der Waals surface area contributed by atoms with E-state index in [1.54, 1.807) is 17.0 Å². The van der Waals surface area contributed by atoms with Crippen molar-refractivity contribution in [1.29, 1.82) is 0 Å². The van der Waals surface area contributed by atoms with Crippen LogP contribution < -0.4 is 0 Å². The first-order valence-electron chi connectivity index (χ1n) is 9.02. The van der Waals surface area contributed by atoms with E-state index in [0.717, 1.165) is 17.5 Å². The van der Waals surface area contributed by atoms with Crippen molar-refractivity contribution in [3.05, 3.63) is 70.6 Å². The molecular formula is C21H22ClN3O2. The first-order chi connectivity index (χ1) is 13.1. The Labute approximate surface area is 164 Å². The monoisotopic (exact) mass is 383 g/mol. The maximum absolute atomic E-state index is 12.8. The van der Waals surface area contributed by atoms with Gasteiger partial charge in [0.05, 0.1) is 10.6 Å². The molecule has 0 aliphatic carbocycles. The summed E-state index contributed by atoms with van der Waals surface area (Å²) in [6.07, 6.45) is 1.35. The zero-order valence-electron chi connectivity index (χ0n) is 15.5. The summed E-state index contributed by atoms with van der Waals surface area (Å²) in [6.45, 7) is 5.19. The standard InChI is InChI=1S/C21H22ClN3O2/c1-3-12-25(21(26)17-9-4-5-10-18(17)22)13-11-19-23-20(24-27-19)16-8-6-7-15(2)14-16/h4-10,14H,3,11-13H2,1-2H3. The van der Waals surface area contributed by atoms with Crippen molar-refractivity contribution in [3.8, 4) is 11.4 Å². The number of aryl methyl sites for hydroxylation is 1. The Kier molecular flexibility index (Phi) is 6.24. The van der Waals surface area contributed by atoms with Crippen molar-refractivity contribution < 1.29 is 9.32 Å². The van der Waals surface area contributed by atoms with E-state index in [1.165, 1.54) is 0 Å². The number of amides is 1. The van der Waals surface area contributed by atoms with Crippen molar-refractivity contribution in [1.82, 2.24) is 15.0 Å². The molecule has 27 heavy (non-hydrogen) atoms. The van der Waals surface area contributed by atoms with E-state index in [-0.39, 0.29) is 5.91 Å². The van der Waals surface area contributed by atoms with E-state index in [4.69, 9.17) is 16.1 Å². The van der Waals surface area contributed by atoms with Gasteiger partial charge in [0.15, 0.2) is 0 Å². The number of halogens is 1. The number of hydrogen-bond acceptors (Lipinski definition) is 4. The van der Waals surface area contributed by atoms with Crippen LogP contribution in [-0.4, -0.2) is 34.0 Å². The lowest BCUT2D eigenvalue weighted by atomic mass is 10.1. The third-order valence-corrected chi connectivity index (χ3v) is 4.55. The van der Waals surface area contributed by atoms with Gasteiger partial charge in [0.25, 0.3) is 5.91 Å². The Morgan fingerprint density at radius 2 is 1.96 bits per heavy atom. The Morgan fingerprint density at radius 1 is 1.15 bits per heavy atom. The van der Waals surface area contributed by atoms with Crippen LogP contribution in [0.25, 0.3) is 11.4 Å². The number of carbonyl (C=O) groups is 1. The first kappa shape index (κ1) is 19.1. The fourth-order valence-electron chi connectivity index (χ4n) is 2.88. The zero-order chi connectivity index (χ0) is 19.2. The van der Waals surface area contributed by atoms with Crippen LogP contribution in [0.1, 0.15) is 35.2 Å². The molecule has 5 nitrogen and oxygen atoms in total. The maximum atomic E-state index is 12.8. The molecule has 0 unspecified atom stereocenters. The molecule has 0 atom stereocenters. The molecular weight excluding hydrogens is 362 g/mol. The summed E-state index contributed by atoms with van der Waals surface area (Å²) in [5.74, 6) is 0.994. The van der Waals surface area contributed by atoms with Crippen molar-refractivity contribution in [2.75, 3.05) is 13.1 Å². The van der Waals surface area contributed by atoms with Crippen LogP contribution in [0, 0.1) is 6.92 Å². The molecule has 0 spiro atoms. The molecule has 1 heterocycles. The largest absolute Gasteiger partial charge is 0.339 e. The molecule has 0 saturated carbocycles. The lowest BCUT2D eigenvalue weighted by Gasteiger charge is -2.22. The fourth-order valence-corrected chi connectivity index (χ4v) is 3.09. The van der Waals surface area contributed by atoms with Crippen LogP contribution in [0.5, 0.6) is 0 Å². The average molecular weight is 384 g/mol. The molecule has 2 aromatic carbocycles. The highest BCUT2D eigenvalue weighted by Gasteiger charge is 2.19. The highest BCUT2D eigenvalue weighted by molar-refractivity contribution is 6.33. The Hall–Kier alpha value is -2.66. The average Bonchev–Trinajstić information content (AvgIpc) is 3.14. The highest BCUT2D eigenvalue weighted by atomic mass is 35.5. The summed E-state index contributed by atoms with van der Waals surface area (Å²) >= 11 is 6.18. The molecule has 0 saturated heterocycles. The summed E-state index contributed by atoms with van der Waals surface area (Å²) in [5, 5.41) is 4.52. The Balaban J connectivity index is 1.70. The molecule has 1 amide bonds. The van der Waals surface area contributed by atoms with Crippen LogP contribution in [0.2, 0.25) is 5.02 Å². The number of nitrogens with zero attached hydrogens (tertiary/aromatic N) is 3. The minimum absolute atomic E-state index is 0.0825. The molecule has 1 aromatic heterocycles.